The molecule has 0 aliphatic heterocycles. The van der Waals surface area contributed by atoms with Gasteiger partial charge in [-0.3, -0.25) is 4.98 Å². The Kier molecular flexibility index (Phi) is 3.64. The molecule has 0 amide bonds. The summed E-state index contributed by atoms with van der Waals surface area (Å²) in [6, 6.07) is 10.1. The Morgan fingerprint density at radius 2 is 1.95 bits per heavy atom. The number of anilines is 1. The highest BCUT2D eigenvalue weighted by atomic mass is 15.3. The molecular weight excluding hydrogens is 262 g/mol. The molecule has 21 heavy (non-hydrogen) atoms. The minimum absolute atomic E-state index is 0.674. The van der Waals surface area contributed by atoms with Crippen LogP contribution in [-0.2, 0) is 6.54 Å². The molecule has 3 rings (SSSR count). The zero-order chi connectivity index (χ0) is 14.7. The number of para-hydroxylation sites is 1. The maximum atomic E-state index is 4.48. The molecule has 2 heterocycles. The number of hydrogen-bond acceptors (Lipinski definition) is 4. The highest BCUT2D eigenvalue weighted by Gasteiger charge is 2.05. The molecule has 0 spiro atoms. The minimum atomic E-state index is 0.674. The quantitative estimate of drug-likeness (QED) is 0.798. The van der Waals surface area contributed by atoms with Crippen molar-refractivity contribution in [2.24, 2.45) is 0 Å². The second-order valence-corrected chi connectivity index (χ2v) is 4.86. The standard InChI is InChI=1S/C16H17N5/c1-12-13(2)20-16(11-17-12)18-10-14-6-3-4-7-15(14)21-9-5-8-19-21/h3-9,11H,10H2,1-2H3,(H,18,20). The topological polar surface area (TPSA) is 55.6 Å². The van der Waals surface area contributed by atoms with Gasteiger partial charge in [-0.2, -0.15) is 5.10 Å². The maximum Gasteiger partial charge on any atom is 0.145 e. The Hall–Kier alpha value is -2.69. The summed E-state index contributed by atoms with van der Waals surface area (Å²) in [7, 11) is 0. The number of benzene rings is 1. The second-order valence-electron chi connectivity index (χ2n) is 4.86. The molecule has 106 valence electrons. The fourth-order valence-corrected chi connectivity index (χ4v) is 2.11. The van der Waals surface area contributed by atoms with Crippen molar-refractivity contribution in [3.8, 4) is 5.69 Å². The zero-order valence-corrected chi connectivity index (χ0v) is 12.1. The largest absolute Gasteiger partial charge is 0.365 e. The molecule has 0 radical (unpaired) electrons. The van der Waals surface area contributed by atoms with Crippen LogP contribution in [0.25, 0.3) is 5.69 Å². The Bertz CT molecular complexity index is 734. The third-order valence-corrected chi connectivity index (χ3v) is 3.40. The van der Waals surface area contributed by atoms with Crippen LogP contribution in [0, 0.1) is 13.8 Å². The van der Waals surface area contributed by atoms with Crippen LogP contribution in [0.4, 0.5) is 5.82 Å². The van der Waals surface area contributed by atoms with E-state index in [9.17, 15) is 0 Å². The van der Waals surface area contributed by atoms with Gasteiger partial charge in [0.2, 0.25) is 0 Å². The molecule has 0 saturated heterocycles. The lowest BCUT2D eigenvalue weighted by Gasteiger charge is -2.11. The number of hydrogen-bond donors (Lipinski definition) is 1. The van der Waals surface area contributed by atoms with E-state index in [1.54, 1.807) is 12.4 Å². The van der Waals surface area contributed by atoms with Crippen molar-refractivity contribution in [3.05, 3.63) is 65.9 Å². The van der Waals surface area contributed by atoms with Crippen LogP contribution >= 0.6 is 0 Å². The zero-order valence-electron chi connectivity index (χ0n) is 12.1. The van der Waals surface area contributed by atoms with Gasteiger partial charge in [-0.05, 0) is 31.5 Å². The van der Waals surface area contributed by atoms with E-state index in [0.717, 1.165) is 28.5 Å². The Balaban J connectivity index is 1.81. The van der Waals surface area contributed by atoms with Crippen molar-refractivity contribution in [3.63, 3.8) is 0 Å². The number of nitrogens with one attached hydrogen (secondary N) is 1. The lowest BCUT2D eigenvalue weighted by molar-refractivity contribution is 0.863. The minimum Gasteiger partial charge on any atom is -0.365 e. The summed E-state index contributed by atoms with van der Waals surface area (Å²) >= 11 is 0. The van der Waals surface area contributed by atoms with Gasteiger partial charge in [-0.25, -0.2) is 9.67 Å². The number of aromatic nitrogens is 4. The average molecular weight is 279 g/mol. The van der Waals surface area contributed by atoms with E-state index in [1.165, 1.54) is 0 Å². The Morgan fingerprint density at radius 1 is 1.10 bits per heavy atom. The molecule has 0 saturated carbocycles. The smallest absolute Gasteiger partial charge is 0.145 e. The molecule has 0 bridgehead atoms. The van der Waals surface area contributed by atoms with E-state index in [0.29, 0.717) is 6.54 Å². The van der Waals surface area contributed by atoms with E-state index in [-0.39, 0.29) is 0 Å². The molecule has 5 nitrogen and oxygen atoms in total. The van der Waals surface area contributed by atoms with Gasteiger partial charge in [0.15, 0.2) is 0 Å². The first-order valence-electron chi connectivity index (χ1n) is 6.86. The van der Waals surface area contributed by atoms with Crippen LogP contribution in [0.1, 0.15) is 17.0 Å². The van der Waals surface area contributed by atoms with Crippen molar-refractivity contribution >= 4 is 5.82 Å². The second kappa shape index (κ2) is 5.75. The van der Waals surface area contributed by atoms with Gasteiger partial charge in [-0.15, -0.1) is 0 Å². The monoisotopic (exact) mass is 279 g/mol. The first-order chi connectivity index (χ1) is 10.2. The van der Waals surface area contributed by atoms with Crippen LogP contribution in [0.5, 0.6) is 0 Å². The first-order valence-corrected chi connectivity index (χ1v) is 6.86. The molecule has 0 atom stereocenters. The number of nitrogens with zero attached hydrogens (tertiary/aromatic N) is 4. The predicted molar refractivity (Wildman–Crippen MR) is 82.4 cm³/mol. The van der Waals surface area contributed by atoms with E-state index < -0.39 is 0 Å². The molecule has 0 unspecified atom stereocenters. The van der Waals surface area contributed by atoms with Crippen molar-refractivity contribution in [1.82, 2.24) is 19.7 Å². The summed E-state index contributed by atoms with van der Waals surface area (Å²) in [5.41, 5.74) is 4.12. The van der Waals surface area contributed by atoms with Crippen LogP contribution in [-0.4, -0.2) is 19.7 Å². The molecule has 0 aliphatic rings. The highest BCUT2D eigenvalue weighted by Crippen LogP contribution is 2.15. The molecule has 1 N–H and O–H groups in total. The van der Waals surface area contributed by atoms with Crippen molar-refractivity contribution in [1.29, 1.82) is 0 Å². The lowest BCUT2D eigenvalue weighted by Crippen LogP contribution is -2.07. The van der Waals surface area contributed by atoms with Crippen molar-refractivity contribution < 1.29 is 0 Å². The van der Waals surface area contributed by atoms with Gasteiger partial charge >= 0.3 is 0 Å². The summed E-state index contributed by atoms with van der Waals surface area (Å²) in [6.07, 6.45) is 5.48. The summed E-state index contributed by atoms with van der Waals surface area (Å²) in [4.78, 5) is 8.80. The normalized spacial score (nSPS) is 10.6. The van der Waals surface area contributed by atoms with E-state index in [4.69, 9.17) is 0 Å². The molecule has 0 aliphatic carbocycles. The first kappa shape index (κ1) is 13.3. The van der Waals surface area contributed by atoms with Crippen LogP contribution in [0.3, 0.4) is 0 Å². The highest BCUT2D eigenvalue weighted by molar-refractivity contribution is 5.43. The fraction of sp³-hybridized carbons (Fsp3) is 0.188. The van der Waals surface area contributed by atoms with E-state index >= 15 is 0 Å². The van der Waals surface area contributed by atoms with Crippen LogP contribution < -0.4 is 5.32 Å². The third kappa shape index (κ3) is 2.91. The summed E-state index contributed by atoms with van der Waals surface area (Å²) in [6.45, 7) is 4.59. The molecule has 5 heteroatoms. The molecular formula is C16H17N5. The van der Waals surface area contributed by atoms with Crippen molar-refractivity contribution in [2.75, 3.05) is 5.32 Å². The number of aryl methyl sites for hydroxylation is 2. The van der Waals surface area contributed by atoms with Gasteiger partial charge in [0.05, 0.1) is 23.3 Å². The van der Waals surface area contributed by atoms with Crippen LogP contribution in [0.2, 0.25) is 0 Å². The van der Waals surface area contributed by atoms with Gasteiger partial charge in [0.1, 0.15) is 5.82 Å². The van der Waals surface area contributed by atoms with Crippen molar-refractivity contribution in [2.45, 2.75) is 20.4 Å². The third-order valence-electron chi connectivity index (χ3n) is 3.40. The van der Waals surface area contributed by atoms with Gasteiger partial charge in [-0.1, -0.05) is 18.2 Å². The molecule has 0 fully saturated rings. The Labute approximate surface area is 123 Å². The SMILES string of the molecule is Cc1ncc(NCc2ccccc2-n2cccn2)nc1C. The van der Waals surface area contributed by atoms with Gasteiger partial charge in [0.25, 0.3) is 0 Å². The molecule has 3 aromatic rings. The average Bonchev–Trinajstić information content (AvgIpc) is 3.03. The van der Waals surface area contributed by atoms with Crippen LogP contribution in [0.15, 0.2) is 48.9 Å². The summed E-state index contributed by atoms with van der Waals surface area (Å²) in [5.74, 6) is 0.786. The van der Waals surface area contributed by atoms with E-state index in [1.807, 2.05) is 42.9 Å². The fourth-order valence-electron chi connectivity index (χ4n) is 2.11. The summed E-state index contributed by atoms with van der Waals surface area (Å²) in [5, 5.41) is 7.61. The van der Waals surface area contributed by atoms with Gasteiger partial charge in [0, 0.05) is 18.9 Å². The molecule has 2 aromatic heterocycles. The van der Waals surface area contributed by atoms with Gasteiger partial charge < -0.3 is 5.32 Å². The number of rotatable bonds is 4. The predicted octanol–water partition coefficient (Wildman–Crippen LogP) is 2.89. The maximum absolute atomic E-state index is 4.48. The van der Waals surface area contributed by atoms with E-state index in [2.05, 4.69) is 32.5 Å². The Morgan fingerprint density at radius 3 is 2.71 bits per heavy atom. The lowest BCUT2D eigenvalue weighted by atomic mass is 10.2. The molecule has 1 aromatic carbocycles. The summed E-state index contributed by atoms with van der Waals surface area (Å²) < 4.78 is 1.86.